The van der Waals surface area contributed by atoms with Crippen molar-refractivity contribution >= 4 is 16.9 Å². The molecule has 2 nitrogen and oxygen atoms in total. The zero-order chi connectivity index (χ0) is 11.7. The van der Waals surface area contributed by atoms with Crippen LogP contribution in [0.5, 0.6) is 0 Å². The Labute approximate surface area is 106 Å². The molecular weight excluding hydrogens is 230 g/mol. The highest BCUT2D eigenvalue weighted by atomic mass is 32.2. The number of thioether (sulfide) groups is 1. The van der Waals surface area contributed by atoms with Gasteiger partial charge in [-0.05, 0) is 36.4 Å². The van der Waals surface area contributed by atoms with Crippen LogP contribution in [-0.4, -0.2) is 11.7 Å². The van der Waals surface area contributed by atoms with Gasteiger partial charge in [0.25, 0.3) is 0 Å². The molecule has 1 fully saturated rings. The largest absolute Gasteiger partial charge is 0.312 e. The lowest BCUT2D eigenvalue weighted by Gasteiger charge is -2.25. The summed E-state index contributed by atoms with van der Waals surface area (Å²) >= 11 is 1.42. The van der Waals surface area contributed by atoms with Crippen molar-refractivity contribution in [2.24, 2.45) is 5.92 Å². The van der Waals surface area contributed by atoms with Crippen LogP contribution in [0.4, 0.5) is 0 Å². The van der Waals surface area contributed by atoms with Crippen LogP contribution >= 0.6 is 11.8 Å². The standard InChI is InChI=1S/C14H17NOS/c16-13-7-11-5-2-6-12(14(11)17-13)9-15-8-10-3-1-4-10/h2,5-6,10,15H,1,3-4,7-9H2. The van der Waals surface area contributed by atoms with E-state index >= 15 is 0 Å². The SMILES string of the molecule is O=C1Cc2cccc(CNCC3CCC3)c2S1. The highest BCUT2D eigenvalue weighted by molar-refractivity contribution is 8.14. The number of hydrogen-bond donors (Lipinski definition) is 1. The Morgan fingerprint density at radius 3 is 3.00 bits per heavy atom. The third-order valence-electron chi connectivity index (χ3n) is 3.70. The molecule has 17 heavy (non-hydrogen) atoms. The third-order valence-corrected chi connectivity index (χ3v) is 4.80. The molecular formula is C14H17NOS. The second-order valence-electron chi connectivity index (χ2n) is 4.98. The first-order valence-electron chi connectivity index (χ1n) is 6.35. The molecule has 1 heterocycles. The quantitative estimate of drug-likeness (QED) is 0.887. The Morgan fingerprint density at radius 2 is 2.24 bits per heavy atom. The summed E-state index contributed by atoms with van der Waals surface area (Å²) in [5.74, 6) is 0.890. The van der Waals surface area contributed by atoms with Crippen molar-refractivity contribution in [3.63, 3.8) is 0 Å². The highest BCUT2D eigenvalue weighted by Crippen LogP contribution is 2.35. The van der Waals surface area contributed by atoms with Gasteiger partial charge in [0.05, 0.1) is 0 Å². The van der Waals surface area contributed by atoms with Crippen LogP contribution in [0.25, 0.3) is 0 Å². The van der Waals surface area contributed by atoms with Gasteiger partial charge in [0.1, 0.15) is 0 Å². The maximum atomic E-state index is 11.4. The predicted molar refractivity (Wildman–Crippen MR) is 70.1 cm³/mol. The first-order chi connectivity index (χ1) is 8.33. The van der Waals surface area contributed by atoms with Gasteiger partial charge in [0, 0.05) is 17.9 Å². The van der Waals surface area contributed by atoms with Gasteiger partial charge in [0.2, 0.25) is 0 Å². The van der Waals surface area contributed by atoms with E-state index in [0.29, 0.717) is 6.42 Å². The fourth-order valence-corrected chi connectivity index (χ4v) is 3.46. The molecule has 0 unspecified atom stereocenters. The number of fused-ring (bicyclic) bond motifs is 1. The van der Waals surface area contributed by atoms with Crippen molar-refractivity contribution < 1.29 is 4.79 Å². The Morgan fingerprint density at radius 1 is 1.35 bits per heavy atom. The van der Waals surface area contributed by atoms with Gasteiger partial charge in [-0.3, -0.25) is 4.79 Å². The summed E-state index contributed by atoms with van der Waals surface area (Å²) in [5.41, 5.74) is 2.50. The molecule has 0 spiro atoms. The van der Waals surface area contributed by atoms with Gasteiger partial charge >= 0.3 is 0 Å². The first kappa shape index (κ1) is 11.3. The van der Waals surface area contributed by atoms with Crippen LogP contribution in [-0.2, 0) is 17.8 Å². The molecule has 1 aliphatic carbocycles. The van der Waals surface area contributed by atoms with Crippen molar-refractivity contribution in [1.82, 2.24) is 5.32 Å². The topological polar surface area (TPSA) is 29.1 Å². The maximum absolute atomic E-state index is 11.4. The third kappa shape index (κ3) is 2.40. The Bertz CT molecular complexity index is 440. The fraction of sp³-hybridized carbons (Fsp3) is 0.500. The van der Waals surface area contributed by atoms with Crippen LogP contribution in [0.2, 0.25) is 0 Å². The summed E-state index contributed by atoms with van der Waals surface area (Å²) in [5, 5.41) is 3.81. The molecule has 1 aromatic carbocycles. The van der Waals surface area contributed by atoms with E-state index in [4.69, 9.17) is 0 Å². The summed E-state index contributed by atoms with van der Waals surface area (Å²) in [7, 11) is 0. The van der Waals surface area contributed by atoms with Crippen molar-refractivity contribution in [1.29, 1.82) is 0 Å². The van der Waals surface area contributed by atoms with Gasteiger partial charge in [0.15, 0.2) is 5.12 Å². The van der Waals surface area contributed by atoms with E-state index in [1.54, 1.807) is 0 Å². The van der Waals surface area contributed by atoms with Gasteiger partial charge in [-0.1, -0.05) is 36.4 Å². The molecule has 1 aliphatic heterocycles. The number of rotatable bonds is 4. The van der Waals surface area contributed by atoms with Crippen LogP contribution in [0.1, 0.15) is 30.4 Å². The molecule has 2 aliphatic rings. The normalized spacial score (nSPS) is 19.2. The number of hydrogen-bond acceptors (Lipinski definition) is 3. The average molecular weight is 247 g/mol. The van der Waals surface area contributed by atoms with Gasteiger partial charge in [-0.2, -0.15) is 0 Å². The lowest BCUT2D eigenvalue weighted by Crippen LogP contribution is -2.27. The summed E-state index contributed by atoms with van der Waals surface area (Å²) in [6, 6.07) is 6.28. The predicted octanol–water partition coefficient (Wildman–Crippen LogP) is 2.75. The molecule has 0 bridgehead atoms. The smallest absolute Gasteiger partial charge is 0.198 e. The minimum atomic E-state index is 0.284. The molecule has 3 rings (SSSR count). The van der Waals surface area contributed by atoms with E-state index < -0.39 is 0 Å². The Kier molecular flexibility index (Phi) is 3.21. The second-order valence-corrected chi connectivity index (χ2v) is 6.05. The molecule has 90 valence electrons. The van der Waals surface area contributed by atoms with Gasteiger partial charge in [-0.15, -0.1) is 0 Å². The highest BCUT2D eigenvalue weighted by Gasteiger charge is 2.22. The minimum Gasteiger partial charge on any atom is -0.312 e. The van der Waals surface area contributed by atoms with Crippen molar-refractivity contribution in [2.45, 2.75) is 37.1 Å². The van der Waals surface area contributed by atoms with E-state index in [0.717, 1.165) is 19.0 Å². The van der Waals surface area contributed by atoms with Crippen LogP contribution in [0.3, 0.4) is 0 Å². The lowest BCUT2D eigenvalue weighted by molar-refractivity contribution is -0.110. The molecule has 0 saturated heterocycles. The number of nitrogens with one attached hydrogen (secondary N) is 1. The van der Waals surface area contributed by atoms with Crippen molar-refractivity contribution in [3.05, 3.63) is 29.3 Å². The zero-order valence-electron chi connectivity index (χ0n) is 9.87. The molecule has 1 saturated carbocycles. The molecule has 0 amide bonds. The van der Waals surface area contributed by atoms with Crippen molar-refractivity contribution in [3.8, 4) is 0 Å². The number of carbonyl (C=O) groups is 1. The zero-order valence-corrected chi connectivity index (χ0v) is 10.7. The molecule has 3 heteroatoms. The summed E-state index contributed by atoms with van der Waals surface area (Å²) < 4.78 is 0. The maximum Gasteiger partial charge on any atom is 0.198 e. The lowest BCUT2D eigenvalue weighted by atomic mass is 9.85. The minimum absolute atomic E-state index is 0.284. The number of benzene rings is 1. The average Bonchev–Trinajstić information content (AvgIpc) is 2.62. The van der Waals surface area contributed by atoms with E-state index in [1.165, 1.54) is 47.0 Å². The van der Waals surface area contributed by atoms with Gasteiger partial charge in [-0.25, -0.2) is 0 Å². The van der Waals surface area contributed by atoms with Crippen molar-refractivity contribution in [2.75, 3.05) is 6.54 Å². The molecule has 0 aromatic heterocycles. The fourth-order valence-electron chi connectivity index (χ4n) is 2.46. The summed E-state index contributed by atoms with van der Waals surface area (Å²) in [4.78, 5) is 12.6. The number of carbonyl (C=O) groups excluding carboxylic acids is 1. The molecule has 0 radical (unpaired) electrons. The summed E-state index contributed by atoms with van der Waals surface area (Å²) in [6.07, 6.45) is 4.77. The Hall–Kier alpha value is -0.800. The van der Waals surface area contributed by atoms with Crippen LogP contribution in [0, 0.1) is 5.92 Å². The molecule has 1 aromatic rings. The Balaban J connectivity index is 1.63. The van der Waals surface area contributed by atoms with E-state index in [1.807, 2.05) is 0 Å². The van der Waals surface area contributed by atoms with Crippen LogP contribution < -0.4 is 5.32 Å². The molecule has 1 N–H and O–H groups in total. The van der Waals surface area contributed by atoms with Gasteiger partial charge < -0.3 is 5.32 Å². The van der Waals surface area contributed by atoms with E-state index in [-0.39, 0.29) is 5.12 Å². The molecule has 0 atom stereocenters. The van der Waals surface area contributed by atoms with Crippen LogP contribution in [0.15, 0.2) is 23.1 Å². The monoisotopic (exact) mass is 247 g/mol. The second kappa shape index (κ2) is 4.83. The van der Waals surface area contributed by atoms with E-state index in [2.05, 4.69) is 23.5 Å². The first-order valence-corrected chi connectivity index (χ1v) is 7.17. The van der Waals surface area contributed by atoms with E-state index in [9.17, 15) is 4.79 Å². The summed E-state index contributed by atoms with van der Waals surface area (Å²) in [6.45, 7) is 2.03.